The van der Waals surface area contributed by atoms with Crippen molar-refractivity contribution < 1.29 is 9.50 Å². The van der Waals surface area contributed by atoms with Crippen LogP contribution >= 0.6 is 11.6 Å². The van der Waals surface area contributed by atoms with E-state index in [9.17, 15) is 9.50 Å². The summed E-state index contributed by atoms with van der Waals surface area (Å²) in [5.41, 5.74) is 7.12. The molecule has 0 bridgehead atoms. The molecule has 0 amide bonds. The molecule has 2 atom stereocenters. The van der Waals surface area contributed by atoms with Crippen LogP contribution in [0.2, 0.25) is 5.02 Å². The highest BCUT2D eigenvalue weighted by atomic mass is 35.5. The first kappa shape index (κ1) is 13.6. The largest absolute Gasteiger partial charge is 0.385 e. The highest BCUT2D eigenvalue weighted by Crippen LogP contribution is 2.44. The summed E-state index contributed by atoms with van der Waals surface area (Å²) in [6.07, 6.45) is 0.592. The zero-order chi connectivity index (χ0) is 14.3. The fourth-order valence-electron chi connectivity index (χ4n) is 2.98. The van der Waals surface area contributed by atoms with Gasteiger partial charge in [0.25, 0.3) is 0 Å². The second-order valence-corrected chi connectivity index (χ2v) is 5.78. The Morgan fingerprint density at radius 1 is 1.30 bits per heavy atom. The molecule has 3 N–H and O–H groups in total. The number of hydrogen-bond donors (Lipinski definition) is 2. The number of halogens is 2. The van der Waals surface area contributed by atoms with Crippen LogP contribution in [0.15, 0.2) is 42.5 Å². The first-order chi connectivity index (χ1) is 9.49. The van der Waals surface area contributed by atoms with Crippen molar-refractivity contribution in [1.82, 2.24) is 0 Å². The fourth-order valence-corrected chi connectivity index (χ4v) is 3.13. The minimum atomic E-state index is -1.12. The van der Waals surface area contributed by atoms with Gasteiger partial charge >= 0.3 is 0 Å². The van der Waals surface area contributed by atoms with Gasteiger partial charge in [-0.15, -0.1) is 0 Å². The summed E-state index contributed by atoms with van der Waals surface area (Å²) < 4.78 is 13.9. The predicted octanol–water partition coefficient (Wildman–Crippen LogP) is 3.31. The standard InChI is InChI=1S/C16H15ClFNO/c17-11-6-5-10(14(18)7-11)8-16(20)9-15(19)12-3-1-2-4-13(12)16/h1-7,15,20H,8-9,19H2. The Hall–Kier alpha value is -1.42. The summed E-state index contributed by atoms with van der Waals surface area (Å²) in [6, 6.07) is 11.8. The van der Waals surface area contributed by atoms with Crippen molar-refractivity contribution in [2.45, 2.75) is 24.5 Å². The Balaban J connectivity index is 1.98. The van der Waals surface area contributed by atoms with E-state index in [1.807, 2.05) is 24.3 Å². The lowest BCUT2D eigenvalue weighted by Crippen LogP contribution is -2.27. The van der Waals surface area contributed by atoms with Gasteiger partial charge in [0.15, 0.2) is 0 Å². The molecule has 0 spiro atoms. The van der Waals surface area contributed by atoms with Crippen LogP contribution in [0.4, 0.5) is 4.39 Å². The molecule has 104 valence electrons. The van der Waals surface area contributed by atoms with Gasteiger partial charge in [0.1, 0.15) is 5.82 Å². The molecule has 1 aliphatic carbocycles. The maximum atomic E-state index is 13.9. The summed E-state index contributed by atoms with van der Waals surface area (Å²) in [4.78, 5) is 0. The van der Waals surface area contributed by atoms with Gasteiger partial charge in [-0.1, -0.05) is 41.9 Å². The van der Waals surface area contributed by atoms with Gasteiger partial charge in [0.05, 0.1) is 5.60 Å². The van der Waals surface area contributed by atoms with Crippen molar-refractivity contribution in [1.29, 1.82) is 0 Å². The first-order valence-electron chi connectivity index (χ1n) is 6.51. The molecule has 0 saturated heterocycles. The first-order valence-corrected chi connectivity index (χ1v) is 6.89. The molecule has 2 aromatic carbocycles. The van der Waals surface area contributed by atoms with Gasteiger partial charge in [-0.25, -0.2) is 4.39 Å². The van der Waals surface area contributed by atoms with Crippen LogP contribution in [0.5, 0.6) is 0 Å². The summed E-state index contributed by atoms with van der Waals surface area (Å²) in [5, 5.41) is 11.2. The fraction of sp³-hybridized carbons (Fsp3) is 0.250. The van der Waals surface area contributed by atoms with Gasteiger partial charge in [-0.2, -0.15) is 0 Å². The second-order valence-electron chi connectivity index (χ2n) is 5.34. The lowest BCUT2D eigenvalue weighted by Gasteiger charge is -2.24. The van der Waals surface area contributed by atoms with Gasteiger partial charge in [0.2, 0.25) is 0 Å². The van der Waals surface area contributed by atoms with Crippen LogP contribution in [0.1, 0.15) is 29.2 Å². The molecule has 0 radical (unpaired) electrons. The monoisotopic (exact) mass is 291 g/mol. The minimum Gasteiger partial charge on any atom is -0.385 e. The molecule has 0 aromatic heterocycles. The summed E-state index contributed by atoms with van der Waals surface area (Å²) >= 11 is 5.75. The summed E-state index contributed by atoms with van der Waals surface area (Å²) in [6.45, 7) is 0. The molecule has 0 aliphatic heterocycles. The molecular formula is C16H15ClFNO. The molecule has 4 heteroatoms. The van der Waals surface area contributed by atoms with E-state index in [1.165, 1.54) is 6.07 Å². The average Bonchev–Trinajstić information content (AvgIpc) is 2.66. The molecule has 2 nitrogen and oxygen atoms in total. The highest BCUT2D eigenvalue weighted by Gasteiger charge is 2.41. The van der Waals surface area contributed by atoms with E-state index < -0.39 is 11.4 Å². The molecule has 1 aliphatic rings. The number of nitrogens with two attached hydrogens (primary N) is 1. The van der Waals surface area contributed by atoms with E-state index in [1.54, 1.807) is 12.1 Å². The summed E-state index contributed by atoms with van der Waals surface area (Å²) in [5.74, 6) is -0.399. The lowest BCUT2D eigenvalue weighted by molar-refractivity contribution is 0.0333. The third kappa shape index (κ3) is 2.22. The topological polar surface area (TPSA) is 46.2 Å². The Morgan fingerprint density at radius 3 is 2.80 bits per heavy atom. The van der Waals surface area contributed by atoms with Crippen LogP contribution < -0.4 is 5.73 Å². The minimum absolute atomic E-state index is 0.195. The number of aliphatic hydroxyl groups is 1. The second kappa shape index (κ2) is 4.85. The number of benzene rings is 2. The Bertz CT molecular complexity index is 661. The quantitative estimate of drug-likeness (QED) is 0.892. The van der Waals surface area contributed by atoms with Gasteiger partial charge < -0.3 is 10.8 Å². The molecule has 3 rings (SSSR count). The van der Waals surface area contributed by atoms with Crippen molar-refractivity contribution in [2.75, 3.05) is 0 Å². The van der Waals surface area contributed by atoms with Gasteiger partial charge in [0, 0.05) is 17.5 Å². The van der Waals surface area contributed by atoms with E-state index in [0.29, 0.717) is 17.0 Å². The van der Waals surface area contributed by atoms with Crippen LogP contribution in [0.25, 0.3) is 0 Å². The van der Waals surface area contributed by atoms with Crippen molar-refractivity contribution in [3.63, 3.8) is 0 Å². The van der Waals surface area contributed by atoms with Crippen molar-refractivity contribution >= 4 is 11.6 Å². The molecule has 0 heterocycles. The molecular weight excluding hydrogens is 277 g/mol. The van der Waals surface area contributed by atoms with Crippen molar-refractivity contribution in [2.24, 2.45) is 5.73 Å². The van der Waals surface area contributed by atoms with Crippen LogP contribution in [-0.2, 0) is 12.0 Å². The van der Waals surface area contributed by atoms with E-state index in [2.05, 4.69) is 0 Å². The smallest absolute Gasteiger partial charge is 0.127 e. The van der Waals surface area contributed by atoms with Crippen LogP contribution in [0.3, 0.4) is 0 Å². The lowest BCUT2D eigenvalue weighted by atomic mass is 9.88. The molecule has 0 fully saturated rings. The Morgan fingerprint density at radius 2 is 2.05 bits per heavy atom. The maximum Gasteiger partial charge on any atom is 0.127 e. The van der Waals surface area contributed by atoms with Crippen LogP contribution in [0, 0.1) is 5.82 Å². The van der Waals surface area contributed by atoms with E-state index in [-0.39, 0.29) is 12.5 Å². The number of hydrogen-bond acceptors (Lipinski definition) is 2. The third-order valence-electron chi connectivity index (χ3n) is 3.92. The average molecular weight is 292 g/mol. The predicted molar refractivity (Wildman–Crippen MR) is 77.0 cm³/mol. The van der Waals surface area contributed by atoms with Crippen LogP contribution in [-0.4, -0.2) is 5.11 Å². The number of rotatable bonds is 2. The Labute approximate surface area is 122 Å². The molecule has 2 aromatic rings. The third-order valence-corrected chi connectivity index (χ3v) is 4.15. The van der Waals surface area contributed by atoms with Gasteiger partial charge in [-0.05, 0) is 35.2 Å². The normalized spacial score (nSPS) is 24.7. The highest BCUT2D eigenvalue weighted by molar-refractivity contribution is 6.30. The van der Waals surface area contributed by atoms with E-state index in [4.69, 9.17) is 17.3 Å². The summed E-state index contributed by atoms with van der Waals surface area (Å²) in [7, 11) is 0. The molecule has 20 heavy (non-hydrogen) atoms. The van der Waals surface area contributed by atoms with Crippen molar-refractivity contribution in [3.8, 4) is 0 Å². The molecule has 0 saturated carbocycles. The maximum absolute atomic E-state index is 13.9. The van der Waals surface area contributed by atoms with Crippen molar-refractivity contribution in [3.05, 3.63) is 70.0 Å². The zero-order valence-corrected chi connectivity index (χ0v) is 11.6. The zero-order valence-electron chi connectivity index (χ0n) is 10.8. The number of fused-ring (bicyclic) bond motifs is 1. The van der Waals surface area contributed by atoms with E-state index >= 15 is 0 Å². The molecule has 2 unspecified atom stereocenters. The van der Waals surface area contributed by atoms with E-state index in [0.717, 1.165) is 11.1 Å². The van der Waals surface area contributed by atoms with Gasteiger partial charge in [-0.3, -0.25) is 0 Å². The Kier molecular flexibility index (Phi) is 3.28. The SMILES string of the molecule is NC1CC(O)(Cc2ccc(Cl)cc2F)c2ccccc21.